The number of carbonyl (C=O) groups excluding carboxylic acids is 1. The molecule has 0 radical (unpaired) electrons. The summed E-state index contributed by atoms with van der Waals surface area (Å²) in [5.74, 6) is -0.0711. The van der Waals surface area contributed by atoms with Crippen LogP contribution in [0, 0.1) is 0 Å². The third-order valence-electron chi connectivity index (χ3n) is 12.5. The maximum absolute atomic E-state index is 12.4. The standard InChI is InChI=1S/C57H107NO3/c1-3-5-7-9-11-13-15-17-18-19-20-21-22-23-24-25-26-27-28-29-30-31-32-33-34-35-36-37-38-39-40-41-43-45-47-49-51-53-57(61)58-55(54-59)56(60)52-50-48-46-44-42-16-14-12-10-8-6-4-2/h15,17,19-20,42,44,50,52,55-56,59-60H,3-14,16,18,21-41,43,45-49,51,53-54H2,1-2H3,(H,58,61)/b17-15-,20-19-,44-42+,52-50+. The fourth-order valence-electron chi connectivity index (χ4n) is 8.34. The molecule has 0 bridgehead atoms. The van der Waals surface area contributed by atoms with Crippen LogP contribution < -0.4 is 5.32 Å². The lowest BCUT2D eigenvalue weighted by molar-refractivity contribution is -0.123. The summed E-state index contributed by atoms with van der Waals surface area (Å²) >= 11 is 0. The van der Waals surface area contributed by atoms with E-state index in [1.807, 2.05) is 6.08 Å². The van der Waals surface area contributed by atoms with Crippen molar-refractivity contribution in [3.05, 3.63) is 48.6 Å². The smallest absolute Gasteiger partial charge is 0.220 e. The second-order valence-corrected chi connectivity index (χ2v) is 18.6. The Hall–Kier alpha value is -1.65. The summed E-state index contributed by atoms with van der Waals surface area (Å²) in [6.45, 7) is 4.28. The quantitative estimate of drug-likeness (QED) is 0.0422. The third-order valence-corrected chi connectivity index (χ3v) is 12.5. The lowest BCUT2D eigenvalue weighted by Crippen LogP contribution is -2.45. The van der Waals surface area contributed by atoms with Gasteiger partial charge in [-0.1, -0.05) is 268 Å². The van der Waals surface area contributed by atoms with Crippen LogP contribution in [0.2, 0.25) is 0 Å². The van der Waals surface area contributed by atoms with Crippen LogP contribution in [0.15, 0.2) is 48.6 Å². The second kappa shape index (κ2) is 52.7. The molecule has 0 aromatic heterocycles. The van der Waals surface area contributed by atoms with Crippen LogP contribution in [0.3, 0.4) is 0 Å². The van der Waals surface area contributed by atoms with E-state index >= 15 is 0 Å². The number of nitrogens with one attached hydrogen (secondary N) is 1. The number of aliphatic hydroxyl groups excluding tert-OH is 2. The molecule has 0 aliphatic heterocycles. The minimum Gasteiger partial charge on any atom is -0.394 e. The lowest BCUT2D eigenvalue weighted by atomic mass is 10.0. The maximum Gasteiger partial charge on any atom is 0.220 e. The van der Waals surface area contributed by atoms with Crippen molar-refractivity contribution in [2.24, 2.45) is 0 Å². The highest BCUT2D eigenvalue weighted by Gasteiger charge is 2.18. The molecule has 0 heterocycles. The molecule has 0 spiro atoms. The van der Waals surface area contributed by atoms with E-state index in [-0.39, 0.29) is 12.5 Å². The molecule has 0 aliphatic carbocycles. The summed E-state index contributed by atoms with van der Waals surface area (Å²) in [6.07, 6.45) is 72.9. The van der Waals surface area contributed by atoms with E-state index in [1.54, 1.807) is 6.08 Å². The maximum atomic E-state index is 12.4. The molecule has 2 atom stereocenters. The molecule has 0 saturated carbocycles. The number of unbranched alkanes of at least 4 members (excludes halogenated alkanes) is 37. The Labute approximate surface area is 382 Å². The van der Waals surface area contributed by atoms with Gasteiger partial charge in [0.2, 0.25) is 5.91 Å². The van der Waals surface area contributed by atoms with Gasteiger partial charge < -0.3 is 15.5 Å². The number of allylic oxidation sites excluding steroid dienone is 7. The monoisotopic (exact) mass is 854 g/mol. The molecular weight excluding hydrogens is 747 g/mol. The Morgan fingerprint density at radius 2 is 0.689 bits per heavy atom. The van der Waals surface area contributed by atoms with Crippen molar-refractivity contribution in [2.75, 3.05) is 6.61 Å². The molecule has 0 rings (SSSR count). The zero-order valence-electron chi connectivity index (χ0n) is 41.2. The SMILES string of the molecule is CCCCCCC/C=C\C/C=C\CCCCCCCCCCCCCCCCCCCCCCCCCCCC(=O)NC(CO)C(O)/C=C/CC/C=C/CCCCCCCC. The summed E-state index contributed by atoms with van der Waals surface area (Å²) < 4.78 is 0. The van der Waals surface area contributed by atoms with Gasteiger partial charge >= 0.3 is 0 Å². The van der Waals surface area contributed by atoms with Gasteiger partial charge in [-0.25, -0.2) is 0 Å². The minimum absolute atomic E-state index is 0.0711. The highest BCUT2D eigenvalue weighted by Crippen LogP contribution is 2.17. The average Bonchev–Trinajstić information content (AvgIpc) is 3.26. The number of hydrogen-bond donors (Lipinski definition) is 3. The molecule has 4 heteroatoms. The predicted molar refractivity (Wildman–Crippen MR) is 271 cm³/mol. The summed E-state index contributed by atoms with van der Waals surface area (Å²) in [7, 11) is 0. The van der Waals surface area contributed by atoms with Crippen LogP contribution in [0.1, 0.15) is 290 Å². The Bertz CT molecular complexity index is 970. The van der Waals surface area contributed by atoms with Gasteiger partial charge in [0.1, 0.15) is 0 Å². The van der Waals surface area contributed by atoms with E-state index in [4.69, 9.17) is 0 Å². The summed E-state index contributed by atoms with van der Waals surface area (Å²) in [5, 5.41) is 23.0. The molecule has 0 aromatic rings. The number of rotatable bonds is 50. The van der Waals surface area contributed by atoms with Crippen LogP contribution >= 0.6 is 0 Å². The van der Waals surface area contributed by atoms with Gasteiger partial charge in [0.25, 0.3) is 0 Å². The van der Waals surface area contributed by atoms with Crippen LogP contribution in [0.25, 0.3) is 0 Å². The summed E-state index contributed by atoms with van der Waals surface area (Å²) in [5.41, 5.74) is 0. The van der Waals surface area contributed by atoms with Crippen molar-refractivity contribution < 1.29 is 15.0 Å². The van der Waals surface area contributed by atoms with Gasteiger partial charge in [-0.2, -0.15) is 0 Å². The lowest BCUT2D eigenvalue weighted by Gasteiger charge is -2.19. The van der Waals surface area contributed by atoms with Gasteiger partial charge in [-0.3, -0.25) is 4.79 Å². The van der Waals surface area contributed by atoms with E-state index < -0.39 is 12.1 Å². The first-order valence-electron chi connectivity index (χ1n) is 27.4. The number of amides is 1. The highest BCUT2D eigenvalue weighted by molar-refractivity contribution is 5.76. The molecule has 0 fully saturated rings. The van der Waals surface area contributed by atoms with Crippen LogP contribution in [-0.2, 0) is 4.79 Å². The van der Waals surface area contributed by atoms with Crippen molar-refractivity contribution in [3.63, 3.8) is 0 Å². The van der Waals surface area contributed by atoms with E-state index in [9.17, 15) is 15.0 Å². The van der Waals surface area contributed by atoms with Gasteiger partial charge in [0.15, 0.2) is 0 Å². The largest absolute Gasteiger partial charge is 0.394 e. The van der Waals surface area contributed by atoms with Crippen LogP contribution in [-0.4, -0.2) is 34.9 Å². The van der Waals surface area contributed by atoms with Gasteiger partial charge in [-0.15, -0.1) is 0 Å². The topological polar surface area (TPSA) is 69.6 Å². The Balaban J connectivity index is 3.40. The van der Waals surface area contributed by atoms with Gasteiger partial charge in [0.05, 0.1) is 18.8 Å². The second-order valence-electron chi connectivity index (χ2n) is 18.6. The summed E-state index contributed by atoms with van der Waals surface area (Å²) in [4.78, 5) is 12.4. The van der Waals surface area contributed by atoms with Crippen LogP contribution in [0.5, 0.6) is 0 Å². The Morgan fingerprint density at radius 3 is 1.05 bits per heavy atom. The fourth-order valence-corrected chi connectivity index (χ4v) is 8.34. The van der Waals surface area contributed by atoms with E-state index in [2.05, 4.69) is 55.6 Å². The number of hydrogen-bond acceptors (Lipinski definition) is 3. The van der Waals surface area contributed by atoms with E-state index in [1.165, 1.54) is 231 Å². The number of carbonyl (C=O) groups is 1. The number of aliphatic hydroxyl groups is 2. The molecule has 3 N–H and O–H groups in total. The van der Waals surface area contributed by atoms with Crippen molar-refractivity contribution in [1.82, 2.24) is 5.32 Å². The molecule has 358 valence electrons. The Kier molecular flexibility index (Phi) is 51.3. The molecule has 0 aliphatic rings. The molecule has 4 nitrogen and oxygen atoms in total. The first-order chi connectivity index (χ1) is 30.2. The molecular formula is C57H107NO3. The molecule has 0 saturated heterocycles. The normalized spacial score (nSPS) is 13.2. The third kappa shape index (κ3) is 49.2. The molecule has 1 amide bonds. The first-order valence-corrected chi connectivity index (χ1v) is 27.4. The first kappa shape index (κ1) is 59.4. The average molecular weight is 854 g/mol. The van der Waals surface area contributed by atoms with Crippen LogP contribution in [0.4, 0.5) is 0 Å². The molecule has 61 heavy (non-hydrogen) atoms. The fraction of sp³-hybridized carbons (Fsp3) is 0.842. The minimum atomic E-state index is -0.859. The Morgan fingerprint density at radius 1 is 0.393 bits per heavy atom. The zero-order chi connectivity index (χ0) is 44.2. The van der Waals surface area contributed by atoms with Crippen molar-refractivity contribution in [1.29, 1.82) is 0 Å². The van der Waals surface area contributed by atoms with Crippen molar-refractivity contribution >= 4 is 5.91 Å². The molecule has 2 unspecified atom stereocenters. The predicted octanol–water partition coefficient (Wildman–Crippen LogP) is 17.9. The molecule has 0 aromatic carbocycles. The highest BCUT2D eigenvalue weighted by atomic mass is 16.3. The van der Waals surface area contributed by atoms with E-state index in [0.29, 0.717) is 6.42 Å². The van der Waals surface area contributed by atoms with Crippen molar-refractivity contribution in [3.8, 4) is 0 Å². The van der Waals surface area contributed by atoms with Gasteiger partial charge in [0, 0.05) is 6.42 Å². The summed E-state index contributed by atoms with van der Waals surface area (Å²) in [6, 6.07) is -0.636. The van der Waals surface area contributed by atoms with E-state index in [0.717, 1.165) is 38.5 Å². The van der Waals surface area contributed by atoms with Crippen molar-refractivity contribution in [2.45, 2.75) is 302 Å². The van der Waals surface area contributed by atoms with Gasteiger partial charge in [-0.05, 0) is 64.2 Å². The zero-order valence-corrected chi connectivity index (χ0v) is 41.2.